The van der Waals surface area contributed by atoms with Crippen LogP contribution in [0.25, 0.3) is 0 Å². The summed E-state index contributed by atoms with van der Waals surface area (Å²) < 4.78 is 21.4. The molecule has 3 aromatic rings. The average molecular weight is 381 g/mol. The van der Waals surface area contributed by atoms with Crippen LogP contribution in [0.2, 0.25) is 0 Å². The van der Waals surface area contributed by atoms with Crippen LogP contribution in [-0.2, 0) is 6.61 Å². The molecule has 0 saturated carbocycles. The number of ether oxygens (including phenoxy) is 3. The van der Waals surface area contributed by atoms with Crippen molar-refractivity contribution in [1.82, 2.24) is 0 Å². The predicted molar refractivity (Wildman–Crippen MR) is 103 cm³/mol. The monoisotopic (exact) mass is 381 g/mol. The summed E-state index contributed by atoms with van der Waals surface area (Å²) in [6.45, 7) is 0.0862. The maximum Gasteiger partial charge on any atom is 0.371 e. The second-order valence-electron chi connectivity index (χ2n) is 5.73. The first-order chi connectivity index (χ1) is 13.6. The summed E-state index contributed by atoms with van der Waals surface area (Å²) in [4.78, 5) is 15.3. The number of hydrogen-bond acceptors (Lipinski definition) is 6. The molecule has 0 atom stereocenters. The fourth-order valence-corrected chi connectivity index (χ4v) is 2.42. The first-order valence-electron chi connectivity index (χ1n) is 8.40. The highest BCUT2D eigenvalue weighted by atomic mass is 16.5. The van der Waals surface area contributed by atoms with Crippen molar-refractivity contribution in [3.8, 4) is 17.2 Å². The van der Waals surface area contributed by atoms with Crippen LogP contribution in [0.1, 0.15) is 21.9 Å². The first kappa shape index (κ1) is 19.0. The van der Waals surface area contributed by atoms with Gasteiger partial charge in [0, 0.05) is 6.21 Å². The number of methoxy groups -OCH3 is 2. The molecule has 7 heteroatoms. The molecule has 0 aliphatic rings. The van der Waals surface area contributed by atoms with E-state index in [1.165, 1.54) is 6.07 Å². The molecule has 7 nitrogen and oxygen atoms in total. The lowest BCUT2D eigenvalue weighted by Gasteiger charge is -2.10. The van der Waals surface area contributed by atoms with E-state index in [1.807, 2.05) is 30.3 Å². The zero-order valence-corrected chi connectivity index (χ0v) is 15.4. The summed E-state index contributed by atoms with van der Waals surface area (Å²) in [6, 6.07) is 15.8. The number of furan rings is 1. The van der Waals surface area contributed by atoms with Gasteiger partial charge < -0.3 is 23.7 Å². The molecule has 0 aliphatic heterocycles. The summed E-state index contributed by atoms with van der Waals surface area (Å²) in [5, 5.41) is 8.88. The lowest BCUT2D eigenvalue weighted by Crippen LogP contribution is -1.98. The number of rotatable bonds is 8. The van der Waals surface area contributed by atoms with Gasteiger partial charge in [-0.3, -0.25) is 4.99 Å². The molecule has 28 heavy (non-hydrogen) atoms. The van der Waals surface area contributed by atoms with E-state index in [-0.39, 0.29) is 12.4 Å². The van der Waals surface area contributed by atoms with Crippen molar-refractivity contribution in [2.75, 3.05) is 14.2 Å². The van der Waals surface area contributed by atoms with E-state index in [0.717, 1.165) is 17.0 Å². The van der Waals surface area contributed by atoms with Crippen LogP contribution < -0.4 is 14.2 Å². The number of carboxylic acids is 1. The molecule has 144 valence electrons. The van der Waals surface area contributed by atoms with Gasteiger partial charge in [-0.05, 0) is 60.2 Å². The molecule has 0 fully saturated rings. The third-order valence-corrected chi connectivity index (χ3v) is 3.87. The molecular formula is C21H19NO6. The van der Waals surface area contributed by atoms with Gasteiger partial charge in [-0.1, -0.05) is 0 Å². The smallest absolute Gasteiger partial charge is 0.371 e. The van der Waals surface area contributed by atoms with Gasteiger partial charge in [0.15, 0.2) is 11.5 Å². The quantitative estimate of drug-likeness (QED) is 0.584. The number of carboxylic acid groups (broad SMARTS) is 1. The topological polar surface area (TPSA) is 90.5 Å². The second-order valence-corrected chi connectivity index (χ2v) is 5.73. The summed E-state index contributed by atoms with van der Waals surface area (Å²) in [7, 11) is 3.16. The Morgan fingerprint density at radius 2 is 1.82 bits per heavy atom. The molecule has 2 aromatic carbocycles. The van der Waals surface area contributed by atoms with Crippen molar-refractivity contribution in [1.29, 1.82) is 0 Å². The van der Waals surface area contributed by atoms with Crippen LogP contribution in [0.15, 0.2) is 64.0 Å². The van der Waals surface area contributed by atoms with Gasteiger partial charge >= 0.3 is 5.97 Å². The van der Waals surface area contributed by atoms with Crippen molar-refractivity contribution in [2.45, 2.75) is 6.61 Å². The van der Waals surface area contributed by atoms with Crippen LogP contribution in [-0.4, -0.2) is 31.5 Å². The Labute approximate surface area is 161 Å². The van der Waals surface area contributed by atoms with E-state index in [2.05, 4.69) is 4.99 Å². The van der Waals surface area contributed by atoms with E-state index in [1.54, 1.807) is 38.6 Å². The Hall–Kier alpha value is -3.74. The van der Waals surface area contributed by atoms with E-state index >= 15 is 0 Å². The summed E-state index contributed by atoms with van der Waals surface area (Å²) in [5.74, 6) is 0.972. The number of carbonyl (C=O) groups is 1. The van der Waals surface area contributed by atoms with Gasteiger partial charge in [0.2, 0.25) is 5.76 Å². The SMILES string of the molecule is COc1ccc(N=Cc2ccc(OCc3ccc(C(=O)O)o3)c(OC)c2)cc1. The van der Waals surface area contributed by atoms with Crippen LogP contribution in [0.4, 0.5) is 5.69 Å². The van der Waals surface area contributed by atoms with Gasteiger partial charge in [0.05, 0.1) is 19.9 Å². The normalized spacial score (nSPS) is 10.8. The van der Waals surface area contributed by atoms with Crippen molar-refractivity contribution < 1.29 is 28.5 Å². The van der Waals surface area contributed by atoms with E-state index in [4.69, 9.17) is 23.7 Å². The minimum absolute atomic E-state index is 0.0862. The highest BCUT2D eigenvalue weighted by Crippen LogP contribution is 2.29. The van der Waals surface area contributed by atoms with E-state index in [9.17, 15) is 4.79 Å². The first-order valence-corrected chi connectivity index (χ1v) is 8.40. The lowest BCUT2D eigenvalue weighted by atomic mass is 10.2. The maximum atomic E-state index is 10.8. The third-order valence-electron chi connectivity index (χ3n) is 3.87. The van der Waals surface area contributed by atoms with Gasteiger partial charge in [-0.2, -0.15) is 0 Å². The van der Waals surface area contributed by atoms with Crippen LogP contribution in [0, 0.1) is 0 Å². The minimum Gasteiger partial charge on any atom is -0.497 e. The molecule has 3 rings (SSSR count). The van der Waals surface area contributed by atoms with Crippen molar-refractivity contribution >= 4 is 17.9 Å². The lowest BCUT2D eigenvalue weighted by molar-refractivity contribution is 0.0658. The minimum atomic E-state index is -1.12. The molecule has 0 saturated heterocycles. The molecule has 0 amide bonds. The van der Waals surface area contributed by atoms with Crippen LogP contribution in [0.5, 0.6) is 17.2 Å². The van der Waals surface area contributed by atoms with E-state index in [0.29, 0.717) is 17.3 Å². The van der Waals surface area contributed by atoms with Gasteiger partial charge in [0.25, 0.3) is 0 Å². The Morgan fingerprint density at radius 1 is 1.04 bits per heavy atom. The Bertz CT molecular complexity index is 975. The number of benzene rings is 2. The zero-order valence-electron chi connectivity index (χ0n) is 15.4. The largest absolute Gasteiger partial charge is 0.497 e. The maximum absolute atomic E-state index is 10.8. The molecule has 0 unspecified atom stereocenters. The van der Waals surface area contributed by atoms with E-state index < -0.39 is 5.97 Å². The van der Waals surface area contributed by atoms with Crippen LogP contribution >= 0.6 is 0 Å². The van der Waals surface area contributed by atoms with Gasteiger partial charge in [-0.15, -0.1) is 0 Å². The number of aliphatic imine (C=N–C) groups is 1. The highest BCUT2D eigenvalue weighted by molar-refractivity contribution is 5.84. The standard InChI is InChI=1S/C21H19NO6/c1-25-16-6-4-15(5-7-16)22-12-14-3-9-18(20(11-14)26-2)27-13-17-8-10-19(28-17)21(23)24/h3-12H,13H2,1-2H3,(H,23,24). The van der Waals surface area contributed by atoms with Crippen molar-refractivity contribution in [3.05, 3.63) is 71.7 Å². The Morgan fingerprint density at radius 3 is 2.46 bits per heavy atom. The molecule has 1 heterocycles. The molecule has 1 aromatic heterocycles. The summed E-state index contributed by atoms with van der Waals surface area (Å²) in [6.07, 6.45) is 1.72. The van der Waals surface area contributed by atoms with Crippen LogP contribution in [0.3, 0.4) is 0 Å². The highest BCUT2D eigenvalue weighted by Gasteiger charge is 2.11. The third kappa shape index (κ3) is 4.70. The second kappa shape index (κ2) is 8.77. The van der Waals surface area contributed by atoms with Gasteiger partial charge in [-0.25, -0.2) is 4.79 Å². The van der Waals surface area contributed by atoms with Crippen molar-refractivity contribution in [3.63, 3.8) is 0 Å². The fourth-order valence-electron chi connectivity index (χ4n) is 2.42. The fraction of sp³-hybridized carbons (Fsp3) is 0.143. The Kier molecular flexibility index (Phi) is 5.96. The number of hydrogen-bond donors (Lipinski definition) is 1. The summed E-state index contributed by atoms with van der Waals surface area (Å²) >= 11 is 0. The Balaban J connectivity index is 1.68. The summed E-state index contributed by atoms with van der Waals surface area (Å²) in [5.41, 5.74) is 1.64. The molecule has 0 radical (unpaired) electrons. The predicted octanol–water partition coefficient (Wildman–Crippen LogP) is 4.32. The number of aromatic carboxylic acids is 1. The zero-order chi connectivity index (χ0) is 19.9. The molecule has 0 aliphatic carbocycles. The average Bonchev–Trinajstić information content (AvgIpc) is 3.20. The van der Waals surface area contributed by atoms with Gasteiger partial charge in [0.1, 0.15) is 18.1 Å². The number of nitrogens with zero attached hydrogens (tertiary/aromatic N) is 1. The molecular weight excluding hydrogens is 362 g/mol. The molecule has 1 N–H and O–H groups in total. The molecule has 0 spiro atoms. The molecule has 0 bridgehead atoms. The van der Waals surface area contributed by atoms with Crippen molar-refractivity contribution in [2.24, 2.45) is 4.99 Å².